The van der Waals surface area contributed by atoms with Crippen molar-refractivity contribution in [2.45, 2.75) is 171 Å². The highest BCUT2D eigenvalue weighted by atomic mass is 17.3. The molecule has 0 aromatic carbocycles. The molecule has 0 radical (unpaired) electrons. The molecule has 0 spiro atoms. The third kappa shape index (κ3) is 14.6. The minimum absolute atomic E-state index is 0.125. The fraction of sp³-hybridized carbons (Fsp3) is 1.00. The van der Waals surface area contributed by atoms with Gasteiger partial charge in [-0.05, 0) is 111 Å². The van der Waals surface area contributed by atoms with Crippen LogP contribution in [0.5, 0.6) is 0 Å². The summed E-state index contributed by atoms with van der Waals surface area (Å²) in [6.45, 7) is 31.4. The molecule has 3 atom stereocenters. The Morgan fingerprint density at radius 2 is 1.00 bits per heavy atom. The third-order valence-corrected chi connectivity index (χ3v) is 5.98. The maximum atomic E-state index is 5.79. The van der Waals surface area contributed by atoms with Gasteiger partial charge in [-0.25, -0.2) is 19.6 Å². The molecule has 0 N–H and O–H groups in total. The quantitative estimate of drug-likeness (QED) is 0.199. The van der Waals surface area contributed by atoms with Crippen LogP contribution < -0.4 is 0 Å². The fourth-order valence-electron chi connectivity index (χ4n) is 5.51. The van der Waals surface area contributed by atoms with Crippen LogP contribution in [0, 0.1) is 22.7 Å². The second kappa shape index (κ2) is 12.3. The van der Waals surface area contributed by atoms with Gasteiger partial charge >= 0.3 is 0 Å². The van der Waals surface area contributed by atoms with Crippen molar-refractivity contribution >= 4 is 0 Å². The second-order valence-corrected chi connectivity index (χ2v) is 16.2. The number of rotatable bonds is 6. The average molecular weight is 517 g/mol. The second-order valence-electron chi connectivity index (χ2n) is 16.2. The van der Waals surface area contributed by atoms with Crippen molar-refractivity contribution in [3.8, 4) is 0 Å². The minimum atomic E-state index is -0.846. The van der Waals surface area contributed by atoms with E-state index in [0.29, 0.717) is 11.3 Å². The molecule has 6 heteroatoms. The Balaban J connectivity index is 0.000000381. The van der Waals surface area contributed by atoms with E-state index in [9.17, 15) is 0 Å². The van der Waals surface area contributed by atoms with Crippen molar-refractivity contribution in [2.24, 2.45) is 22.7 Å². The van der Waals surface area contributed by atoms with Crippen molar-refractivity contribution in [3.05, 3.63) is 0 Å². The molecule has 36 heavy (non-hydrogen) atoms. The lowest BCUT2D eigenvalue weighted by molar-refractivity contribution is -0.551. The SMILES string of the molecule is CC1CC(C)(C)CC(OOC(C)(C)C)(OOC(C)(C)C)C1.CC1CC(OOC(C)(C)C)CC(C)(C)C1. The van der Waals surface area contributed by atoms with E-state index in [0.717, 1.165) is 38.0 Å². The smallest absolute Gasteiger partial charge is 0.233 e. The van der Waals surface area contributed by atoms with Crippen molar-refractivity contribution in [3.63, 3.8) is 0 Å². The van der Waals surface area contributed by atoms with Gasteiger partial charge in [0.15, 0.2) is 0 Å². The van der Waals surface area contributed by atoms with Crippen LogP contribution in [0.25, 0.3) is 0 Å². The molecule has 0 heterocycles. The van der Waals surface area contributed by atoms with Crippen LogP contribution in [0.1, 0.15) is 142 Å². The lowest BCUT2D eigenvalue weighted by atomic mass is 9.70. The Morgan fingerprint density at radius 3 is 1.39 bits per heavy atom. The van der Waals surface area contributed by atoms with Crippen LogP contribution in [0.15, 0.2) is 0 Å². The normalized spacial score (nSPS) is 28.2. The zero-order valence-corrected chi connectivity index (χ0v) is 26.4. The minimum Gasteiger partial charge on any atom is -0.233 e. The van der Waals surface area contributed by atoms with Gasteiger partial charge in [0, 0.05) is 12.8 Å². The summed E-state index contributed by atoms with van der Waals surface area (Å²) in [6, 6.07) is 0. The zero-order valence-electron chi connectivity index (χ0n) is 26.4. The lowest BCUT2D eigenvalue weighted by Gasteiger charge is -2.46. The summed E-state index contributed by atoms with van der Waals surface area (Å²) in [5, 5.41) is 0. The molecule has 0 aliphatic heterocycles. The Hall–Kier alpha value is -0.240. The van der Waals surface area contributed by atoms with Gasteiger partial charge in [0.1, 0.15) is 0 Å². The molecule has 0 saturated heterocycles. The Bertz CT molecular complexity index is 632. The highest BCUT2D eigenvalue weighted by Crippen LogP contribution is 2.47. The van der Waals surface area contributed by atoms with Crippen LogP contribution >= 0.6 is 0 Å². The largest absolute Gasteiger partial charge is 0.234 e. The molecule has 2 saturated carbocycles. The van der Waals surface area contributed by atoms with E-state index in [1.54, 1.807) is 0 Å². The van der Waals surface area contributed by atoms with Crippen molar-refractivity contribution in [2.75, 3.05) is 0 Å². The Kier molecular flexibility index (Phi) is 11.5. The summed E-state index contributed by atoms with van der Waals surface area (Å²) in [7, 11) is 0. The van der Waals surface area contributed by atoms with E-state index in [-0.39, 0.29) is 28.3 Å². The molecule has 2 fully saturated rings. The first kappa shape index (κ1) is 33.8. The molecule has 0 aromatic rings. The van der Waals surface area contributed by atoms with Crippen LogP contribution in [-0.2, 0) is 29.3 Å². The van der Waals surface area contributed by atoms with Crippen molar-refractivity contribution in [1.82, 2.24) is 0 Å². The summed E-state index contributed by atoms with van der Waals surface area (Å²) >= 11 is 0. The molecule has 2 aliphatic rings. The van der Waals surface area contributed by atoms with Gasteiger partial charge in [-0.1, -0.05) is 41.5 Å². The highest BCUT2D eigenvalue weighted by molar-refractivity contribution is 4.88. The summed E-state index contributed by atoms with van der Waals surface area (Å²) in [5.74, 6) is 0.380. The third-order valence-electron chi connectivity index (χ3n) is 5.98. The molecule has 2 aliphatic carbocycles. The predicted octanol–water partition coefficient (Wildman–Crippen LogP) is 8.97. The van der Waals surface area contributed by atoms with E-state index in [4.69, 9.17) is 29.3 Å². The standard InChI is InChI=1S/C17H34O4.C13H26O2/c1-13-10-16(8,9)12-17(11-13,20-18-14(2,3)4)21-19-15(5,6)7;1-10-7-11(9-13(5,6)8-10)14-15-12(2,3)4/h13H,10-12H2,1-9H3;10-11H,7-9H2,1-6H3. The van der Waals surface area contributed by atoms with Gasteiger partial charge in [-0.3, -0.25) is 0 Å². The molecular weight excluding hydrogens is 456 g/mol. The topological polar surface area (TPSA) is 55.4 Å². The Labute approximate surface area is 223 Å². The first-order chi connectivity index (χ1) is 15.9. The number of hydrogen-bond acceptors (Lipinski definition) is 6. The number of hydrogen-bond donors (Lipinski definition) is 0. The summed E-state index contributed by atoms with van der Waals surface area (Å²) < 4.78 is 0. The van der Waals surface area contributed by atoms with Gasteiger partial charge in [-0.2, -0.15) is 9.78 Å². The van der Waals surface area contributed by atoms with Gasteiger partial charge in [0.05, 0.1) is 22.9 Å². The molecule has 216 valence electrons. The first-order valence-corrected chi connectivity index (χ1v) is 14.0. The van der Waals surface area contributed by atoms with E-state index in [2.05, 4.69) is 41.5 Å². The van der Waals surface area contributed by atoms with Crippen LogP contribution in [-0.4, -0.2) is 28.7 Å². The molecular formula is C30H60O6. The molecule has 2 rings (SSSR count). The van der Waals surface area contributed by atoms with Crippen LogP contribution in [0.3, 0.4) is 0 Å². The molecule has 3 unspecified atom stereocenters. The summed E-state index contributed by atoms with van der Waals surface area (Å²) in [4.78, 5) is 33.7. The van der Waals surface area contributed by atoms with E-state index in [1.165, 1.54) is 6.42 Å². The van der Waals surface area contributed by atoms with E-state index < -0.39 is 5.79 Å². The molecule has 0 aromatic heterocycles. The summed E-state index contributed by atoms with van der Waals surface area (Å²) in [6.07, 6.45) is 6.45. The molecule has 0 bridgehead atoms. The van der Waals surface area contributed by atoms with Crippen molar-refractivity contribution < 1.29 is 29.3 Å². The van der Waals surface area contributed by atoms with Crippen LogP contribution in [0.2, 0.25) is 0 Å². The maximum absolute atomic E-state index is 5.79. The average Bonchev–Trinajstić information content (AvgIpc) is 2.59. The van der Waals surface area contributed by atoms with Gasteiger partial charge in [0.25, 0.3) is 0 Å². The molecule has 0 amide bonds. The van der Waals surface area contributed by atoms with E-state index in [1.807, 2.05) is 62.3 Å². The van der Waals surface area contributed by atoms with Gasteiger partial charge in [-0.15, -0.1) is 0 Å². The Morgan fingerprint density at radius 1 is 0.556 bits per heavy atom. The van der Waals surface area contributed by atoms with Crippen molar-refractivity contribution in [1.29, 1.82) is 0 Å². The fourth-order valence-corrected chi connectivity index (χ4v) is 5.51. The zero-order chi connectivity index (χ0) is 28.2. The van der Waals surface area contributed by atoms with Gasteiger partial charge < -0.3 is 0 Å². The maximum Gasteiger partial charge on any atom is 0.234 e. The highest BCUT2D eigenvalue weighted by Gasteiger charge is 2.48. The first-order valence-electron chi connectivity index (χ1n) is 14.0. The predicted molar refractivity (Wildman–Crippen MR) is 146 cm³/mol. The van der Waals surface area contributed by atoms with Gasteiger partial charge in [0.2, 0.25) is 5.79 Å². The van der Waals surface area contributed by atoms with Crippen LogP contribution in [0.4, 0.5) is 0 Å². The lowest BCUT2D eigenvalue weighted by Crippen LogP contribution is -2.48. The monoisotopic (exact) mass is 516 g/mol. The molecule has 6 nitrogen and oxygen atoms in total. The summed E-state index contributed by atoms with van der Waals surface area (Å²) in [5.41, 5.74) is -0.458. The van der Waals surface area contributed by atoms with E-state index >= 15 is 0 Å².